The summed E-state index contributed by atoms with van der Waals surface area (Å²) in [6, 6.07) is 0.874. The standard InChI is InChI=1S/C15H23N3O2/c1-10(2)18-8-4-6-13(18)12-9-17-7-3-5-11(15(19)20)14(17)16-12/h9-11,13H,3-8H2,1-2H3,(H,19,20). The smallest absolute Gasteiger partial charge is 0.314 e. The predicted octanol–water partition coefficient (Wildman–Crippen LogP) is 2.39. The van der Waals surface area contributed by atoms with Crippen molar-refractivity contribution >= 4 is 5.97 Å². The topological polar surface area (TPSA) is 58.4 Å². The first kappa shape index (κ1) is 13.6. The first-order chi connectivity index (χ1) is 9.58. The molecule has 2 unspecified atom stereocenters. The lowest BCUT2D eigenvalue weighted by atomic mass is 9.99. The third-order valence-corrected chi connectivity index (χ3v) is 4.63. The molecule has 20 heavy (non-hydrogen) atoms. The molecule has 0 aromatic carbocycles. The summed E-state index contributed by atoms with van der Waals surface area (Å²) >= 11 is 0. The van der Waals surface area contributed by atoms with E-state index in [0.717, 1.165) is 37.4 Å². The van der Waals surface area contributed by atoms with Crippen molar-refractivity contribution in [3.8, 4) is 0 Å². The van der Waals surface area contributed by atoms with E-state index in [0.29, 0.717) is 18.5 Å². The molecule has 2 aliphatic rings. The van der Waals surface area contributed by atoms with E-state index in [4.69, 9.17) is 4.98 Å². The van der Waals surface area contributed by atoms with E-state index in [-0.39, 0.29) is 0 Å². The number of carboxylic acids is 1. The second-order valence-electron chi connectivity index (χ2n) is 6.24. The Morgan fingerprint density at radius 3 is 2.80 bits per heavy atom. The molecule has 0 saturated carbocycles. The van der Waals surface area contributed by atoms with Gasteiger partial charge in [-0.25, -0.2) is 4.98 Å². The molecule has 1 aromatic heterocycles. The number of imidazole rings is 1. The first-order valence-electron chi connectivity index (χ1n) is 7.63. The number of rotatable bonds is 3. The number of likely N-dealkylation sites (tertiary alicyclic amines) is 1. The van der Waals surface area contributed by atoms with Gasteiger partial charge < -0.3 is 9.67 Å². The van der Waals surface area contributed by atoms with Crippen LogP contribution in [0, 0.1) is 0 Å². The van der Waals surface area contributed by atoms with Gasteiger partial charge in [0.1, 0.15) is 11.7 Å². The predicted molar refractivity (Wildman–Crippen MR) is 75.7 cm³/mol. The summed E-state index contributed by atoms with van der Waals surface area (Å²) in [7, 11) is 0. The molecule has 0 amide bonds. The lowest BCUT2D eigenvalue weighted by Crippen LogP contribution is -2.30. The fourth-order valence-electron chi connectivity index (χ4n) is 3.62. The molecule has 110 valence electrons. The Bertz CT molecular complexity index is 509. The monoisotopic (exact) mass is 277 g/mol. The Kier molecular flexibility index (Phi) is 3.54. The summed E-state index contributed by atoms with van der Waals surface area (Å²) in [6.07, 6.45) is 6.07. The molecule has 0 radical (unpaired) electrons. The quantitative estimate of drug-likeness (QED) is 0.921. The van der Waals surface area contributed by atoms with Crippen molar-refractivity contribution in [2.45, 2.75) is 64.1 Å². The molecule has 2 atom stereocenters. The Balaban J connectivity index is 1.91. The van der Waals surface area contributed by atoms with Crippen LogP contribution in [-0.2, 0) is 11.3 Å². The van der Waals surface area contributed by atoms with E-state index in [1.54, 1.807) is 0 Å². The number of hydrogen-bond acceptors (Lipinski definition) is 3. The molecular weight excluding hydrogens is 254 g/mol. The van der Waals surface area contributed by atoms with Crippen LogP contribution >= 0.6 is 0 Å². The molecule has 3 rings (SSSR count). The zero-order valence-corrected chi connectivity index (χ0v) is 12.2. The van der Waals surface area contributed by atoms with E-state index in [1.165, 1.54) is 6.42 Å². The first-order valence-corrected chi connectivity index (χ1v) is 7.63. The molecule has 3 heterocycles. The number of fused-ring (bicyclic) bond motifs is 1. The van der Waals surface area contributed by atoms with Gasteiger partial charge in [-0.15, -0.1) is 0 Å². The minimum atomic E-state index is -0.741. The maximum atomic E-state index is 11.4. The van der Waals surface area contributed by atoms with Crippen LogP contribution in [0.2, 0.25) is 0 Å². The van der Waals surface area contributed by atoms with Gasteiger partial charge in [0.2, 0.25) is 0 Å². The molecule has 5 heteroatoms. The van der Waals surface area contributed by atoms with Gasteiger partial charge in [0.15, 0.2) is 0 Å². The van der Waals surface area contributed by atoms with Gasteiger partial charge in [0.25, 0.3) is 0 Å². The average Bonchev–Trinajstić information content (AvgIpc) is 3.03. The van der Waals surface area contributed by atoms with Gasteiger partial charge >= 0.3 is 5.97 Å². The molecule has 5 nitrogen and oxygen atoms in total. The molecule has 0 aliphatic carbocycles. The van der Waals surface area contributed by atoms with E-state index >= 15 is 0 Å². The highest BCUT2D eigenvalue weighted by atomic mass is 16.4. The molecular formula is C15H23N3O2. The fraction of sp³-hybridized carbons (Fsp3) is 0.733. The van der Waals surface area contributed by atoms with Crippen LogP contribution in [0.15, 0.2) is 6.20 Å². The Hall–Kier alpha value is -1.36. The van der Waals surface area contributed by atoms with Crippen LogP contribution < -0.4 is 0 Å². The van der Waals surface area contributed by atoms with Crippen LogP contribution in [0.4, 0.5) is 0 Å². The van der Waals surface area contributed by atoms with Crippen LogP contribution in [0.3, 0.4) is 0 Å². The summed E-state index contributed by atoms with van der Waals surface area (Å²) in [6.45, 7) is 6.45. The molecule has 1 aromatic rings. The minimum absolute atomic E-state index is 0.363. The largest absolute Gasteiger partial charge is 0.481 e. The second kappa shape index (κ2) is 5.20. The summed E-state index contributed by atoms with van der Waals surface area (Å²) in [5, 5.41) is 9.34. The SMILES string of the molecule is CC(C)N1CCCC1c1cn2c(n1)C(C(=O)O)CCC2. The highest BCUT2D eigenvalue weighted by Gasteiger charge is 2.34. The summed E-state index contributed by atoms with van der Waals surface area (Å²) in [4.78, 5) is 18.5. The zero-order valence-electron chi connectivity index (χ0n) is 12.2. The van der Waals surface area contributed by atoms with Gasteiger partial charge in [-0.05, 0) is 46.1 Å². The van der Waals surface area contributed by atoms with Crippen molar-refractivity contribution < 1.29 is 9.90 Å². The van der Waals surface area contributed by atoms with Crippen LogP contribution in [0.25, 0.3) is 0 Å². The highest BCUT2D eigenvalue weighted by Crippen LogP contribution is 2.35. The fourth-order valence-corrected chi connectivity index (χ4v) is 3.62. The van der Waals surface area contributed by atoms with E-state index in [9.17, 15) is 9.90 Å². The van der Waals surface area contributed by atoms with Gasteiger partial charge in [-0.2, -0.15) is 0 Å². The van der Waals surface area contributed by atoms with Crippen molar-refractivity contribution in [1.82, 2.24) is 14.5 Å². The molecule has 0 bridgehead atoms. The number of carbonyl (C=O) groups is 1. The van der Waals surface area contributed by atoms with Crippen LogP contribution in [0.1, 0.15) is 63.0 Å². The molecule has 1 fully saturated rings. The van der Waals surface area contributed by atoms with Crippen molar-refractivity contribution in [3.05, 3.63) is 17.7 Å². The van der Waals surface area contributed by atoms with E-state index < -0.39 is 11.9 Å². The molecule has 1 saturated heterocycles. The van der Waals surface area contributed by atoms with Crippen LogP contribution in [-0.4, -0.2) is 38.1 Å². The van der Waals surface area contributed by atoms with Crippen molar-refractivity contribution in [1.29, 1.82) is 0 Å². The number of hydrogen-bond donors (Lipinski definition) is 1. The summed E-state index contributed by atoms with van der Waals surface area (Å²) < 4.78 is 2.06. The lowest BCUT2D eigenvalue weighted by molar-refractivity contribution is -0.139. The van der Waals surface area contributed by atoms with Gasteiger partial charge in [-0.3, -0.25) is 9.69 Å². The number of carboxylic acid groups (broad SMARTS) is 1. The molecule has 2 aliphatic heterocycles. The number of aromatic nitrogens is 2. The van der Waals surface area contributed by atoms with Crippen molar-refractivity contribution in [2.75, 3.05) is 6.54 Å². The lowest BCUT2D eigenvalue weighted by Gasteiger charge is -2.26. The van der Waals surface area contributed by atoms with E-state index in [1.807, 2.05) is 0 Å². The maximum Gasteiger partial charge on any atom is 0.314 e. The zero-order chi connectivity index (χ0) is 14.3. The molecule has 0 spiro atoms. The van der Waals surface area contributed by atoms with Crippen molar-refractivity contribution in [2.24, 2.45) is 0 Å². The van der Waals surface area contributed by atoms with Crippen molar-refractivity contribution in [3.63, 3.8) is 0 Å². The second-order valence-corrected chi connectivity index (χ2v) is 6.24. The maximum absolute atomic E-state index is 11.4. The summed E-state index contributed by atoms with van der Waals surface area (Å²) in [5.41, 5.74) is 1.07. The van der Waals surface area contributed by atoms with Gasteiger partial charge in [0.05, 0.1) is 11.7 Å². The number of aryl methyl sites for hydroxylation is 1. The Labute approximate surface area is 119 Å². The summed E-state index contributed by atoms with van der Waals surface area (Å²) in [5.74, 6) is -0.406. The molecule has 1 N–H and O–H groups in total. The van der Waals surface area contributed by atoms with Gasteiger partial charge in [-0.1, -0.05) is 0 Å². The van der Waals surface area contributed by atoms with Gasteiger partial charge in [0, 0.05) is 18.8 Å². The third kappa shape index (κ3) is 2.24. The number of nitrogens with zero attached hydrogens (tertiary/aromatic N) is 3. The minimum Gasteiger partial charge on any atom is -0.481 e. The van der Waals surface area contributed by atoms with Crippen LogP contribution in [0.5, 0.6) is 0 Å². The Morgan fingerprint density at radius 2 is 2.10 bits per heavy atom. The average molecular weight is 277 g/mol. The normalized spacial score (nSPS) is 26.9. The number of aliphatic carboxylic acids is 1. The third-order valence-electron chi connectivity index (χ3n) is 4.63. The van der Waals surface area contributed by atoms with E-state index in [2.05, 4.69) is 29.5 Å². The Morgan fingerprint density at radius 1 is 1.35 bits per heavy atom. The highest BCUT2D eigenvalue weighted by molar-refractivity contribution is 5.75.